The molecule has 2 aliphatic heterocycles. The van der Waals surface area contributed by atoms with Crippen LogP contribution in [0.4, 0.5) is 5.69 Å². The molecule has 7 nitrogen and oxygen atoms in total. The number of anilines is 1. The largest absolute Gasteiger partial charge is 0.347 e. The number of carbonyl (C=O) groups excluding carboxylic acids is 3. The molecule has 1 aromatic heterocycles. The molecular weight excluding hydrogens is 428 g/mol. The second-order valence-corrected chi connectivity index (χ2v) is 8.31. The highest BCUT2D eigenvalue weighted by Gasteiger charge is 2.43. The summed E-state index contributed by atoms with van der Waals surface area (Å²) in [6.45, 7) is 0.257. The molecule has 1 fully saturated rings. The summed E-state index contributed by atoms with van der Waals surface area (Å²) in [6, 6.07) is 15.1. The zero-order valence-corrected chi connectivity index (χ0v) is 17.7. The number of nitrogens with zero attached hydrogens (tertiary/aromatic N) is 2. The number of fused-ring (bicyclic) bond motifs is 2. The van der Waals surface area contributed by atoms with Crippen LogP contribution in [0.3, 0.4) is 0 Å². The molecule has 32 heavy (non-hydrogen) atoms. The Kier molecular flexibility index (Phi) is 5.11. The van der Waals surface area contributed by atoms with Gasteiger partial charge in [-0.1, -0.05) is 29.8 Å². The van der Waals surface area contributed by atoms with Crippen molar-refractivity contribution >= 4 is 35.0 Å². The first-order chi connectivity index (χ1) is 15.5. The van der Waals surface area contributed by atoms with E-state index < -0.39 is 6.04 Å². The number of aromatic nitrogens is 1. The zero-order chi connectivity index (χ0) is 22.2. The Balaban J connectivity index is 1.40. The van der Waals surface area contributed by atoms with Gasteiger partial charge in [-0.3, -0.25) is 19.4 Å². The average molecular weight is 447 g/mol. The second-order valence-electron chi connectivity index (χ2n) is 7.88. The van der Waals surface area contributed by atoms with Crippen molar-refractivity contribution in [3.05, 3.63) is 83.1 Å². The molecule has 2 aliphatic rings. The molecule has 8 heteroatoms. The normalized spacial score (nSPS) is 19.6. The van der Waals surface area contributed by atoms with Gasteiger partial charge >= 0.3 is 0 Å². The van der Waals surface area contributed by atoms with E-state index in [1.165, 1.54) is 6.20 Å². The monoisotopic (exact) mass is 446 g/mol. The number of halogens is 1. The Labute approximate surface area is 189 Å². The second kappa shape index (κ2) is 8.09. The van der Waals surface area contributed by atoms with E-state index in [4.69, 9.17) is 11.6 Å². The van der Waals surface area contributed by atoms with Crippen molar-refractivity contribution in [2.24, 2.45) is 0 Å². The van der Waals surface area contributed by atoms with Crippen molar-refractivity contribution in [2.75, 3.05) is 11.9 Å². The van der Waals surface area contributed by atoms with Gasteiger partial charge < -0.3 is 15.5 Å². The van der Waals surface area contributed by atoms with Crippen molar-refractivity contribution < 1.29 is 14.4 Å². The molecule has 0 radical (unpaired) electrons. The molecule has 5 rings (SSSR count). The van der Waals surface area contributed by atoms with Crippen molar-refractivity contribution in [2.45, 2.75) is 18.5 Å². The summed E-state index contributed by atoms with van der Waals surface area (Å²) < 4.78 is 0. The lowest BCUT2D eigenvalue weighted by atomic mass is 10.0. The topological polar surface area (TPSA) is 91.4 Å². The number of hydrogen-bond donors (Lipinski definition) is 2. The van der Waals surface area contributed by atoms with Crippen LogP contribution in [0.2, 0.25) is 5.02 Å². The fourth-order valence-corrected chi connectivity index (χ4v) is 4.33. The molecule has 0 saturated carbocycles. The summed E-state index contributed by atoms with van der Waals surface area (Å²) in [4.78, 5) is 44.2. The first-order valence-electron chi connectivity index (χ1n) is 10.2. The molecule has 160 valence electrons. The van der Waals surface area contributed by atoms with Gasteiger partial charge in [-0.25, -0.2) is 0 Å². The van der Waals surface area contributed by atoms with Crippen molar-refractivity contribution in [1.29, 1.82) is 0 Å². The van der Waals surface area contributed by atoms with Gasteiger partial charge in [-0.15, -0.1) is 0 Å². The van der Waals surface area contributed by atoms with Gasteiger partial charge in [0.15, 0.2) is 0 Å². The fraction of sp³-hybridized carbons (Fsp3) is 0.167. The minimum Gasteiger partial charge on any atom is -0.347 e. The minimum atomic E-state index is -0.645. The van der Waals surface area contributed by atoms with Crippen LogP contribution in [0.25, 0.3) is 11.1 Å². The molecule has 0 unspecified atom stereocenters. The summed E-state index contributed by atoms with van der Waals surface area (Å²) in [7, 11) is 0. The molecule has 2 atom stereocenters. The van der Waals surface area contributed by atoms with Crippen LogP contribution in [-0.2, 0) is 4.79 Å². The van der Waals surface area contributed by atoms with E-state index in [1.54, 1.807) is 47.5 Å². The number of carbonyl (C=O) groups is 3. The maximum absolute atomic E-state index is 13.4. The van der Waals surface area contributed by atoms with E-state index >= 15 is 0 Å². The first kappa shape index (κ1) is 20.2. The third-order valence-corrected chi connectivity index (χ3v) is 6.06. The predicted octanol–water partition coefficient (Wildman–Crippen LogP) is 3.37. The Bertz CT molecular complexity index is 1210. The maximum Gasteiger partial charge on any atom is 0.256 e. The van der Waals surface area contributed by atoms with Crippen LogP contribution in [0.1, 0.15) is 27.1 Å². The summed E-state index contributed by atoms with van der Waals surface area (Å²) in [5.74, 6) is -0.772. The highest BCUT2D eigenvalue weighted by atomic mass is 35.5. The molecule has 3 heterocycles. The van der Waals surface area contributed by atoms with Crippen LogP contribution in [0.15, 0.2) is 67.0 Å². The van der Waals surface area contributed by atoms with E-state index in [-0.39, 0.29) is 30.3 Å². The smallest absolute Gasteiger partial charge is 0.256 e. The lowest BCUT2D eigenvalue weighted by molar-refractivity contribution is -0.119. The number of benzene rings is 2. The molecule has 0 bridgehead atoms. The number of amides is 3. The summed E-state index contributed by atoms with van der Waals surface area (Å²) >= 11 is 5.98. The van der Waals surface area contributed by atoms with E-state index in [2.05, 4.69) is 15.6 Å². The lowest BCUT2D eigenvalue weighted by Gasteiger charge is -2.20. The Morgan fingerprint density at radius 3 is 2.62 bits per heavy atom. The SMILES string of the molecule is O=C(N[C@H]1C[C@H]2C(=O)Nc3ccc(-c4ccc(Cl)cc4)cc3C(=O)N2C1)c1cccnc1. The van der Waals surface area contributed by atoms with Crippen molar-refractivity contribution in [1.82, 2.24) is 15.2 Å². The molecule has 2 N–H and O–H groups in total. The van der Waals surface area contributed by atoms with Gasteiger partial charge in [-0.2, -0.15) is 0 Å². The quantitative estimate of drug-likeness (QED) is 0.645. The van der Waals surface area contributed by atoms with Crippen LogP contribution in [0.5, 0.6) is 0 Å². The number of rotatable bonds is 3. The van der Waals surface area contributed by atoms with Crippen molar-refractivity contribution in [3.63, 3.8) is 0 Å². The molecule has 0 spiro atoms. The Morgan fingerprint density at radius 2 is 1.88 bits per heavy atom. The Morgan fingerprint density at radius 1 is 1.09 bits per heavy atom. The molecule has 1 saturated heterocycles. The van der Waals surface area contributed by atoms with Gasteiger partial charge in [0.2, 0.25) is 5.91 Å². The van der Waals surface area contributed by atoms with Gasteiger partial charge in [0.1, 0.15) is 6.04 Å². The molecule has 3 aromatic rings. The highest BCUT2D eigenvalue weighted by Crippen LogP contribution is 2.32. The summed E-state index contributed by atoms with van der Waals surface area (Å²) in [5, 5.41) is 6.42. The Hall–Kier alpha value is -3.71. The zero-order valence-electron chi connectivity index (χ0n) is 16.9. The first-order valence-corrected chi connectivity index (χ1v) is 10.6. The molecule has 0 aliphatic carbocycles. The van der Waals surface area contributed by atoms with E-state index in [0.717, 1.165) is 11.1 Å². The molecule has 3 amide bonds. The summed E-state index contributed by atoms with van der Waals surface area (Å²) in [6.07, 6.45) is 3.42. The number of hydrogen-bond acceptors (Lipinski definition) is 4. The van der Waals surface area contributed by atoms with E-state index in [0.29, 0.717) is 28.3 Å². The summed E-state index contributed by atoms with van der Waals surface area (Å²) in [5.41, 5.74) is 3.11. The highest BCUT2D eigenvalue weighted by molar-refractivity contribution is 6.30. The number of pyridine rings is 1. The van der Waals surface area contributed by atoms with Gasteiger partial charge in [0.05, 0.1) is 16.8 Å². The van der Waals surface area contributed by atoms with Crippen LogP contribution in [-0.4, -0.2) is 46.2 Å². The van der Waals surface area contributed by atoms with Crippen LogP contribution >= 0.6 is 11.6 Å². The predicted molar refractivity (Wildman–Crippen MR) is 120 cm³/mol. The maximum atomic E-state index is 13.4. The minimum absolute atomic E-state index is 0.239. The third kappa shape index (κ3) is 3.71. The van der Waals surface area contributed by atoms with Gasteiger partial charge in [0, 0.05) is 30.0 Å². The van der Waals surface area contributed by atoms with Crippen LogP contribution in [0, 0.1) is 0 Å². The van der Waals surface area contributed by atoms with E-state index in [1.807, 2.05) is 18.2 Å². The number of nitrogens with one attached hydrogen (secondary N) is 2. The van der Waals surface area contributed by atoms with Crippen molar-refractivity contribution in [3.8, 4) is 11.1 Å². The van der Waals surface area contributed by atoms with Gasteiger partial charge in [0.25, 0.3) is 11.8 Å². The average Bonchev–Trinajstić information content (AvgIpc) is 3.20. The van der Waals surface area contributed by atoms with Gasteiger partial charge in [-0.05, 0) is 53.9 Å². The van der Waals surface area contributed by atoms with E-state index in [9.17, 15) is 14.4 Å². The molecular formula is C24H19ClN4O3. The molecule has 2 aromatic carbocycles. The van der Waals surface area contributed by atoms with Crippen LogP contribution < -0.4 is 10.6 Å². The fourth-order valence-electron chi connectivity index (χ4n) is 4.20. The third-order valence-electron chi connectivity index (χ3n) is 5.81. The standard InChI is InChI=1S/C24H19ClN4O3/c25-17-6-3-14(4-7-17)15-5-8-20-19(10-15)24(32)29-13-18(11-21(29)23(31)28-20)27-22(30)16-2-1-9-26-12-16/h1-10,12,18,21H,11,13H2,(H,27,30)(H,28,31)/t18-,21-/m0/s1. The lowest BCUT2D eigenvalue weighted by Crippen LogP contribution is -2.41.